The number of allylic oxidation sites excluding steroid dienone is 2. The highest BCUT2D eigenvalue weighted by Crippen LogP contribution is 2.23. The molecular formula is C14H14ClNO3S. The van der Waals surface area contributed by atoms with Crippen LogP contribution in [-0.4, -0.2) is 21.7 Å². The number of ether oxygens (including phenoxy) is 1. The summed E-state index contributed by atoms with van der Waals surface area (Å²) in [5, 5.41) is 1.69. The second kappa shape index (κ2) is 6.24. The predicted molar refractivity (Wildman–Crippen MR) is 79.9 cm³/mol. The van der Waals surface area contributed by atoms with Crippen LogP contribution in [0.25, 0.3) is 0 Å². The van der Waals surface area contributed by atoms with Crippen LogP contribution in [-0.2, 0) is 9.84 Å². The summed E-state index contributed by atoms with van der Waals surface area (Å²) in [6.07, 6.45) is 4.61. The molecule has 0 aliphatic carbocycles. The first-order valence-electron chi connectivity index (χ1n) is 6.01. The molecule has 1 heterocycles. The topological polar surface area (TPSA) is 55.7 Å². The highest BCUT2D eigenvalue weighted by molar-refractivity contribution is 7.94. The highest BCUT2D eigenvalue weighted by Gasteiger charge is 2.12. The third kappa shape index (κ3) is 3.49. The number of rotatable bonds is 4. The summed E-state index contributed by atoms with van der Waals surface area (Å²) in [7, 11) is -2.05. The Morgan fingerprint density at radius 2 is 2.20 bits per heavy atom. The fourth-order valence-electron chi connectivity index (χ4n) is 1.70. The zero-order chi connectivity index (χ0) is 14.6. The molecule has 2 rings (SSSR count). The van der Waals surface area contributed by atoms with E-state index < -0.39 is 9.84 Å². The van der Waals surface area contributed by atoms with Crippen molar-refractivity contribution in [1.29, 1.82) is 0 Å². The van der Waals surface area contributed by atoms with Crippen molar-refractivity contribution in [3.8, 4) is 5.75 Å². The van der Waals surface area contributed by atoms with E-state index in [1.54, 1.807) is 18.3 Å². The number of hydrogen-bond donors (Lipinski definition) is 0. The number of methoxy groups -OCH3 is 1. The van der Waals surface area contributed by atoms with Gasteiger partial charge >= 0.3 is 0 Å². The summed E-state index contributed by atoms with van der Waals surface area (Å²) in [6, 6.07) is 6.31. The van der Waals surface area contributed by atoms with Crippen LogP contribution in [0.4, 0.5) is 0 Å². The lowest BCUT2D eigenvalue weighted by Crippen LogP contribution is -1.98. The van der Waals surface area contributed by atoms with Gasteiger partial charge in [-0.15, -0.1) is 0 Å². The fourth-order valence-corrected chi connectivity index (χ4v) is 2.93. The molecule has 0 amide bonds. The number of sulfone groups is 1. The smallest absolute Gasteiger partial charge is 0.200 e. The van der Waals surface area contributed by atoms with Gasteiger partial charge in [-0.25, -0.2) is 8.42 Å². The Bertz CT molecular complexity index is 690. The lowest BCUT2D eigenvalue weighted by atomic mass is 10.2. The summed E-state index contributed by atoms with van der Waals surface area (Å²) in [5.41, 5.74) is 0.490. The van der Waals surface area contributed by atoms with E-state index >= 15 is 0 Å². The van der Waals surface area contributed by atoms with Gasteiger partial charge in [0, 0.05) is 16.7 Å². The molecule has 0 fully saturated rings. The molecule has 106 valence electrons. The predicted octanol–water partition coefficient (Wildman–Crippen LogP) is 3.30. The first-order valence-corrected chi connectivity index (χ1v) is 7.94. The average molecular weight is 312 g/mol. The van der Waals surface area contributed by atoms with E-state index in [9.17, 15) is 8.42 Å². The first-order chi connectivity index (χ1) is 9.53. The van der Waals surface area contributed by atoms with Crippen molar-refractivity contribution in [2.75, 3.05) is 7.11 Å². The van der Waals surface area contributed by atoms with Crippen LogP contribution in [0.1, 0.15) is 12.8 Å². The van der Waals surface area contributed by atoms with Crippen LogP contribution in [0.2, 0.25) is 0 Å². The van der Waals surface area contributed by atoms with E-state index in [1.807, 2.05) is 0 Å². The van der Waals surface area contributed by atoms with Crippen LogP contribution in [0.5, 0.6) is 5.75 Å². The molecule has 0 bridgehead atoms. The normalized spacial score (nSPS) is 15.9. The van der Waals surface area contributed by atoms with Crippen molar-refractivity contribution in [3.63, 3.8) is 0 Å². The molecule has 1 aromatic rings. The Hall–Kier alpha value is -1.59. The van der Waals surface area contributed by atoms with Gasteiger partial charge in [0.25, 0.3) is 0 Å². The van der Waals surface area contributed by atoms with Crippen molar-refractivity contribution in [3.05, 3.63) is 46.5 Å². The van der Waals surface area contributed by atoms with Gasteiger partial charge < -0.3 is 4.74 Å². The third-order valence-corrected chi connectivity index (χ3v) is 4.56. The summed E-state index contributed by atoms with van der Waals surface area (Å²) in [4.78, 5) is 4.26. The highest BCUT2D eigenvalue weighted by atomic mass is 35.5. The standard InChI is InChI=1S/C14H14ClNO3S/c1-19-11-4-2-5-12(10-11)20(17,18)9-7-14-13(15)6-3-8-16-14/h2,4-5,7-10H,3,6H2,1H3/b9-7+. The molecule has 0 N–H and O–H groups in total. The van der Waals surface area contributed by atoms with Crippen molar-refractivity contribution in [1.82, 2.24) is 0 Å². The van der Waals surface area contributed by atoms with E-state index in [1.165, 1.54) is 25.3 Å². The summed E-state index contributed by atoms with van der Waals surface area (Å²) in [6.45, 7) is 0. The number of benzene rings is 1. The number of aliphatic imine (C=N–C) groups is 1. The average Bonchev–Trinajstić information content (AvgIpc) is 2.46. The molecule has 4 nitrogen and oxygen atoms in total. The van der Waals surface area contributed by atoms with E-state index in [4.69, 9.17) is 16.3 Å². The second-order valence-corrected chi connectivity index (χ2v) is 6.46. The maximum absolute atomic E-state index is 12.2. The van der Waals surface area contributed by atoms with Gasteiger partial charge in [0.15, 0.2) is 9.84 Å². The van der Waals surface area contributed by atoms with Gasteiger partial charge in [-0.1, -0.05) is 17.7 Å². The van der Waals surface area contributed by atoms with Crippen molar-refractivity contribution in [2.45, 2.75) is 17.7 Å². The lowest BCUT2D eigenvalue weighted by Gasteiger charge is -2.06. The fraction of sp³-hybridized carbons (Fsp3) is 0.214. The SMILES string of the molecule is COc1cccc(S(=O)(=O)/C=C/C2=C(Cl)CCC=N2)c1. The molecule has 1 aliphatic rings. The van der Waals surface area contributed by atoms with E-state index in [-0.39, 0.29) is 4.90 Å². The minimum absolute atomic E-state index is 0.171. The summed E-state index contributed by atoms with van der Waals surface area (Å²) in [5.74, 6) is 0.493. The zero-order valence-corrected chi connectivity index (χ0v) is 12.5. The molecule has 0 saturated heterocycles. The van der Waals surface area contributed by atoms with E-state index in [0.29, 0.717) is 22.9 Å². The van der Waals surface area contributed by atoms with Gasteiger partial charge in [-0.3, -0.25) is 4.99 Å². The molecule has 1 aliphatic heterocycles. The molecule has 1 aromatic carbocycles. The third-order valence-electron chi connectivity index (χ3n) is 2.78. The van der Waals surface area contributed by atoms with Crippen molar-refractivity contribution in [2.24, 2.45) is 4.99 Å². The van der Waals surface area contributed by atoms with E-state index in [0.717, 1.165) is 11.8 Å². The Kier molecular flexibility index (Phi) is 4.62. The van der Waals surface area contributed by atoms with Gasteiger partial charge in [0.05, 0.1) is 17.7 Å². The first kappa shape index (κ1) is 14.8. The number of nitrogens with zero attached hydrogens (tertiary/aromatic N) is 1. The van der Waals surface area contributed by atoms with Crippen LogP contribution in [0, 0.1) is 0 Å². The molecule has 0 radical (unpaired) electrons. The molecule has 0 spiro atoms. The summed E-state index contributed by atoms with van der Waals surface area (Å²) >= 11 is 6.01. The molecule has 6 heteroatoms. The molecule has 0 unspecified atom stereocenters. The minimum Gasteiger partial charge on any atom is -0.497 e. The maximum Gasteiger partial charge on any atom is 0.200 e. The van der Waals surface area contributed by atoms with E-state index in [2.05, 4.69) is 4.99 Å². The maximum atomic E-state index is 12.2. The van der Waals surface area contributed by atoms with Crippen LogP contribution >= 0.6 is 11.6 Å². The zero-order valence-electron chi connectivity index (χ0n) is 10.9. The van der Waals surface area contributed by atoms with Gasteiger partial charge in [-0.2, -0.15) is 0 Å². The Morgan fingerprint density at radius 3 is 2.90 bits per heavy atom. The largest absolute Gasteiger partial charge is 0.497 e. The Labute approximate surface area is 123 Å². The monoisotopic (exact) mass is 311 g/mol. The Balaban J connectivity index is 2.29. The van der Waals surface area contributed by atoms with Crippen molar-refractivity contribution < 1.29 is 13.2 Å². The molecule has 0 saturated carbocycles. The summed E-state index contributed by atoms with van der Waals surface area (Å²) < 4.78 is 29.4. The van der Waals surface area contributed by atoms with Crippen LogP contribution in [0.3, 0.4) is 0 Å². The molecule has 20 heavy (non-hydrogen) atoms. The lowest BCUT2D eigenvalue weighted by molar-refractivity contribution is 0.413. The van der Waals surface area contributed by atoms with Crippen LogP contribution in [0.15, 0.2) is 56.4 Å². The van der Waals surface area contributed by atoms with Crippen LogP contribution < -0.4 is 4.74 Å². The molecule has 0 aromatic heterocycles. The number of halogens is 1. The molecule has 0 atom stereocenters. The Morgan fingerprint density at radius 1 is 1.40 bits per heavy atom. The molecular weight excluding hydrogens is 298 g/mol. The van der Waals surface area contributed by atoms with Gasteiger partial charge in [0.2, 0.25) is 0 Å². The number of hydrogen-bond acceptors (Lipinski definition) is 4. The van der Waals surface area contributed by atoms with Gasteiger partial charge in [0.1, 0.15) is 5.75 Å². The van der Waals surface area contributed by atoms with Crippen molar-refractivity contribution >= 4 is 27.7 Å². The van der Waals surface area contributed by atoms with Gasteiger partial charge in [-0.05, 0) is 37.1 Å². The minimum atomic E-state index is -3.54. The quantitative estimate of drug-likeness (QED) is 0.857. The second-order valence-electron chi connectivity index (χ2n) is 4.17.